The summed E-state index contributed by atoms with van der Waals surface area (Å²) in [5.74, 6) is -2.56. The average Bonchev–Trinajstić information content (AvgIpc) is 2.90. The molecule has 2 amide bonds. The Morgan fingerprint density at radius 3 is 2.40 bits per heavy atom. The topological polar surface area (TPSA) is 49.4 Å². The van der Waals surface area contributed by atoms with E-state index in [1.165, 1.54) is 0 Å². The summed E-state index contributed by atoms with van der Waals surface area (Å²) in [7, 11) is 0. The largest absolute Gasteiger partial charge is 0.340 e. The van der Waals surface area contributed by atoms with Crippen LogP contribution in [0.1, 0.15) is 27.9 Å². The number of nitrogens with one attached hydrogen (secondary N) is 1. The number of aryl methyl sites for hydroxylation is 2. The highest BCUT2D eigenvalue weighted by atomic mass is 19.1. The van der Waals surface area contributed by atoms with Crippen LogP contribution in [0, 0.1) is 25.5 Å². The molecule has 0 radical (unpaired) electrons. The summed E-state index contributed by atoms with van der Waals surface area (Å²) in [6.07, 6.45) is 0.440. The van der Waals surface area contributed by atoms with E-state index < -0.39 is 23.6 Å². The van der Waals surface area contributed by atoms with Gasteiger partial charge in [0.25, 0.3) is 5.91 Å². The van der Waals surface area contributed by atoms with Crippen LogP contribution in [0.4, 0.5) is 14.5 Å². The van der Waals surface area contributed by atoms with Crippen molar-refractivity contribution in [2.75, 3.05) is 11.4 Å². The number of hydrogen-bond acceptors (Lipinski definition) is 2. The van der Waals surface area contributed by atoms with E-state index in [0.29, 0.717) is 19.0 Å². The van der Waals surface area contributed by atoms with E-state index in [0.717, 1.165) is 28.9 Å². The van der Waals surface area contributed by atoms with Crippen LogP contribution in [-0.2, 0) is 4.79 Å². The zero-order valence-electron chi connectivity index (χ0n) is 14.0. The third kappa shape index (κ3) is 3.52. The molecular weight excluding hydrogens is 326 g/mol. The van der Waals surface area contributed by atoms with E-state index in [9.17, 15) is 18.4 Å². The Morgan fingerprint density at radius 2 is 1.76 bits per heavy atom. The first-order valence-electron chi connectivity index (χ1n) is 8.01. The van der Waals surface area contributed by atoms with E-state index in [-0.39, 0.29) is 11.5 Å². The molecule has 3 rings (SSSR count). The number of rotatable bonds is 3. The summed E-state index contributed by atoms with van der Waals surface area (Å²) in [4.78, 5) is 26.4. The van der Waals surface area contributed by atoms with Gasteiger partial charge in [0.15, 0.2) is 0 Å². The molecule has 0 saturated carbocycles. The van der Waals surface area contributed by atoms with Crippen molar-refractivity contribution in [2.24, 2.45) is 0 Å². The number of halogens is 2. The molecule has 6 heteroatoms. The van der Waals surface area contributed by atoms with Crippen LogP contribution in [-0.4, -0.2) is 24.4 Å². The highest BCUT2D eigenvalue weighted by Gasteiger charge is 2.34. The van der Waals surface area contributed by atoms with Crippen molar-refractivity contribution in [3.63, 3.8) is 0 Å². The van der Waals surface area contributed by atoms with Gasteiger partial charge in [0, 0.05) is 23.9 Å². The summed E-state index contributed by atoms with van der Waals surface area (Å²) in [6, 6.07) is 7.61. The molecule has 1 heterocycles. The van der Waals surface area contributed by atoms with Gasteiger partial charge in [-0.2, -0.15) is 0 Å². The van der Waals surface area contributed by atoms with Crippen molar-refractivity contribution >= 4 is 17.5 Å². The quantitative estimate of drug-likeness (QED) is 0.930. The molecule has 2 aromatic rings. The number of carbonyl (C=O) groups excluding carboxylic acids is 2. The molecule has 25 heavy (non-hydrogen) atoms. The van der Waals surface area contributed by atoms with Crippen molar-refractivity contribution in [1.29, 1.82) is 0 Å². The summed E-state index contributed by atoms with van der Waals surface area (Å²) >= 11 is 0. The molecule has 0 aromatic heterocycles. The van der Waals surface area contributed by atoms with Gasteiger partial charge in [-0.3, -0.25) is 9.59 Å². The van der Waals surface area contributed by atoms with Crippen LogP contribution in [0.25, 0.3) is 0 Å². The maximum Gasteiger partial charge on any atom is 0.252 e. The van der Waals surface area contributed by atoms with Gasteiger partial charge in [-0.05, 0) is 55.7 Å². The minimum Gasteiger partial charge on any atom is -0.340 e. The fourth-order valence-electron chi connectivity index (χ4n) is 2.89. The molecule has 130 valence electrons. The van der Waals surface area contributed by atoms with Crippen LogP contribution in [0.2, 0.25) is 0 Å². The zero-order chi connectivity index (χ0) is 18.1. The van der Waals surface area contributed by atoms with Crippen LogP contribution in [0.5, 0.6) is 0 Å². The van der Waals surface area contributed by atoms with Gasteiger partial charge >= 0.3 is 0 Å². The molecular formula is C19H18F2N2O2. The fourth-order valence-corrected chi connectivity index (χ4v) is 2.89. The molecule has 1 aliphatic rings. The zero-order valence-corrected chi connectivity index (χ0v) is 14.0. The fraction of sp³-hybridized carbons (Fsp3) is 0.263. The maximum absolute atomic E-state index is 13.2. The van der Waals surface area contributed by atoms with Crippen LogP contribution in [0.15, 0.2) is 36.4 Å². The predicted molar refractivity (Wildman–Crippen MR) is 90.5 cm³/mol. The van der Waals surface area contributed by atoms with E-state index in [2.05, 4.69) is 5.32 Å². The van der Waals surface area contributed by atoms with E-state index in [1.54, 1.807) is 4.90 Å². The molecule has 0 bridgehead atoms. The van der Waals surface area contributed by atoms with Gasteiger partial charge in [-0.1, -0.05) is 6.07 Å². The number of nitrogens with zero attached hydrogens (tertiary/aromatic N) is 1. The number of carbonyl (C=O) groups is 2. The summed E-state index contributed by atoms with van der Waals surface area (Å²) in [6.45, 7) is 4.44. The van der Waals surface area contributed by atoms with Gasteiger partial charge in [-0.25, -0.2) is 8.78 Å². The SMILES string of the molecule is Cc1ccc(N2CC[C@H](NC(=O)c3cc(F)cc(F)c3)C2=O)cc1C. The third-order valence-corrected chi connectivity index (χ3v) is 4.44. The Kier molecular flexibility index (Phi) is 4.53. The summed E-state index contributed by atoms with van der Waals surface area (Å²) in [5.41, 5.74) is 2.85. The molecule has 0 unspecified atom stereocenters. The Labute approximate surface area is 144 Å². The molecule has 1 saturated heterocycles. The maximum atomic E-state index is 13.2. The number of hydrogen-bond donors (Lipinski definition) is 1. The van der Waals surface area contributed by atoms with Crippen LogP contribution < -0.4 is 10.2 Å². The predicted octanol–water partition coefficient (Wildman–Crippen LogP) is 3.12. The first kappa shape index (κ1) is 17.1. The summed E-state index contributed by atoms with van der Waals surface area (Å²) in [5, 5.41) is 2.56. The second-order valence-corrected chi connectivity index (χ2v) is 6.23. The molecule has 1 N–H and O–H groups in total. The highest BCUT2D eigenvalue weighted by Crippen LogP contribution is 2.24. The normalized spacial score (nSPS) is 17.0. The van der Waals surface area contributed by atoms with Gasteiger partial charge < -0.3 is 10.2 Å². The van der Waals surface area contributed by atoms with Gasteiger partial charge in [0.05, 0.1) is 0 Å². The number of benzene rings is 2. The molecule has 4 nitrogen and oxygen atoms in total. The Morgan fingerprint density at radius 1 is 1.08 bits per heavy atom. The third-order valence-electron chi connectivity index (χ3n) is 4.44. The van der Waals surface area contributed by atoms with E-state index >= 15 is 0 Å². The second kappa shape index (κ2) is 6.63. The van der Waals surface area contributed by atoms with Gasteiger partial charge in [0.1, 0.15) is 17.7 Å². The van der Waals surface area contributed by atoms with E-state index in [1.807, 2.05) is 32.0 Å². The first-order valence-corrected chi connectivity index (χ1v) is 8.01. The van der Waals surface area contributed by atoms with Crippen molar-refractivity contribution in [2.45, 2.75) is 26.3 Å². The standard InChI is InChI=1S/C19H18F2N2O2/c1-11-3-4-16(7-12(11)2)23-6-5-17(19(23)25)22-18(24)13-8-14(20)10-15(21)9-13/h3-4,7-10,17H,5-6H2,1-2H3,(H,22,24)/t17-/m0/s1. The van der Waals surface area contributed by atoms with Crippen LogP contribution in [0.3, 0.4) is 0 Å². The molecule has 1 fully saturated rings. The lowest BCUT2D eigenvalue weighted by Crippen LogP contribution is -2.41. The first-order chi connectivity index (χ1) is 11.8. The van der Waals surface area contributed by atoms with Crippen LogP contribution >= 0.6 is 0 Å². The minimum absolute atomic E-state index is 0.144. The van der Waals surface area contributed by atoms with Gasteiger partial charge in [0.2, 0.25) is 5.91 Å². The smallest absolute Gasteiger partial charge is 0.252 e. The van der Waals surface area contributed by atoms with Crippen molar-refractivity contribution in [3.8, 4) is 0 Å². The Bertz CT molecular complexity index is 831. The molecule has 2 aromatic carbocycles. The van der Waals surface area contributed by atoms with Crippen molar-refractivity contribution < 1.29 is 18.4 Å². The highest BCUT2D eigenvalue weighted by molar-refractivity contribution is 6.03. The number of amides is 2. The minimum atomic E-state index is -0.834. The lowest BCUT2D eigenvalue weighted by molar-refractivity contribution is -0.118. The number of anilines is 1. The molecule has 1 aliphatic heterocycles. The second-order valence-electron chi connectivity index (χ2n) is 6.23. The molecule has 0 spiro atoms. The Balaban J connectivity index is 1.73. The molecule has 1 atom stereocenters. The lowest BCUT2D eigenvalue weighted by Gasteiger charge is -2.18. The van der Waals surface area contributed by atoms with Gasteiger partial charge in [-0.15, -0.1) is 0 Å². The van der Waals surface area contributed by atoms with Crippen molar-refractivity contribution in [1.82, 2.24) is 5.32 Å². The summed E-state index contributed by atoms with van der Waals surface area (Å²) < 4.78 is 26.5. The monoisotopic (exact) mass is 344 g/mol. The van der Waals surface area contributed by atoms with Crippen molar-refractivity contribution in [3.05, 3.63) is 64.7 Å². The Hall–Kier alpha value is -2.76. The van der Waals surface area contributed by atoms with E-state index in [4.69, 9.17) is 0 Å². The molecule has 0 aliphatic carbocycles. The lowest BCUT2D eigenvalue weighted by atomic mass is 10.1. The average molecular weight is 344 g/mol.